The van der Waals surface area contributed by atoms with Gasteiger partial charge >= 0.3 is 5.82 Å². The molecule has 0 unspecified atom stereocenters. The molecule has 0 aromatic carbocycles. The smallest absolute Gasteiger partial charge is 0.357 e. The van der Waals surface area contributed by atoms with E-state index in [-0.39, 0.29) is 16.0 Å². The highest BCUT2D eigenvalue weighted by Gasteiger charge is 2.24. The van der Waals surface area contributed by atoms with Gasteiger partial charge in [0.15, 0.2) is 5.69 Å². The Morgan fingerprint density at radius 2 is 2.44 bits per heavy atom. The van der Waals surface area contributed by atoms with E-state index < -0.39 is 10.8 Å². The Morgan fingerprint density at radius 3 is 3.00 bits per heavy atom. The molecule has 2 aromatic heterocycles. The fourth-order valence-electron chi connectivity index (χ4n) is 1.25. The molecule has 18 heavy (non-hydrogen) atoms. The molecule has 2 aromatic rings. The largest absolute Gasteiger partial charge is 0.358 e. The molecule has 94 valence electrons. The van der Waals surface area contributed by atoms with Gasteiger partial charge in [-0.25, -0.2) is 0 Å². The number of aromatic nitrogens is 2. The minimum Gasteiger partial charge on any atom is -0.358 e. The number of halogens is 1. The summed E-state index contributed by atoms with van der Waals surface area (Å²) < 4.78 is 0.0520. The Kier molecular flexibility index (Phi) is 3.72. The molecule has 0 spiro atoms. The first kappa shape index (κ1) is 12.7. The average Bonchev–Trinajstić information content (AvgIpc) is 2.94. The van der Waals surface area contributed by atoms with Crippen molar-refractivity contribution in [2.24, 2.45) is 0 Å². The van der Waals surface area contributed by atoms with Gasteiger partial charge in [0.05, 0.1) is 6.54 Å². The zero-order valence-electron chi connectivity index (χ0n) is 8.84. The van der Waals surface area contributed by atoms with Crippen molar-refractivity contribution in [3.63, 3.8) is 0 Å². The van der Waals surface area contributed by atoms with Crippen molar-refractivity contribution >= 4 is 39.0 Å². The number of nitrogens with zero attached hydrogens (tertiary/aromatic N) is 2. The summed E-state index contributed by atoms with van der Waals surface area (Å²) in [6, 6.07) is 3.76. The van der Waals surface area contributed by atoms with Crippen molar-refractivity contribution in [3.8, 4) is 0 Å². The van der Waals surface area contributed by atoms with E-state index in [1.165, 1.54) is 11.3 Å². The molecular formula is C9H7BrN4O3S. The van der Waals surface area contributed by atoms with Crippen molar-refractivity contribution in [1.82, 2.24) is 15.5 Å². The zero-order chi connectivity index (χ0) is 13.1. The molecule has 0 bridgehead atoms. The SMILES string of the molecule is O=C(NCc1cccs1)c1n[nH]c([N+](=O)[O-])c1Br. The van der Waals surface area contributed by atoms with Crippen LogP contribution in [0.3, 0.4) is 0 Å². The standard InChI is InChI=1S/C9H7BrN4O3S/c10-6-7(12-13-8(6)14(16)17)9(15)11-4-5-2-1-3-18-5/h1-3H,4H2,(H,11,15)(H,12,13). The van der Waals surface area contributed by atoms with Crippen LogP contribution in [0.4, 0.5) is 5.82 Å². The predicted molar refractivity (Wildman–Crippen MR) is 68.4 cm³/mol. The van der Waals surface area contributed by atoms with E-state index in [1.54, 1.807) is 0 Å². The predicted octanol–water partition coefficient (Wildman–Crippen LogP) is 2.07. The van der Waals surface area contributed by atoms with Gasteiger partial charge in [0.2, 0.25) is 0 Å². The van der Waals surface area contributed by atoms with Crippen LogP contribution in [0.2, 0.25) is 0 Å². The van der Waals surface area contributed by atoms with Crippen LogP contribution < -0.4 is 5.32 Å². The molecule has 0 fully saturated rings. The van der Waals surface area contributed by atoms with Gasteiger partial charge in [-0.3, -0.25) is 4.79 Å². The summed E-state index contributed by atoms with van der Waals surface area (Å²) in [6.07, 6.45) is 0. The number of H-pyrrole nitrogens is 1. The molecule has 1 amide bonds. The monoisotopic (exact) mass is 330 g/mol. The van der Waals surface area contributed by atoms with Crippen LogP contribution in [0, 0.1) is 10.1 Å². The van der Waals surface area contributed by atoms with Gasteiger partial charge in [-0.05, 0) is 32.3 Å². The molecule has 2 heterocycles. The number of carbonyl (C=O) groups is 1. The fraction of sp³-hybridized carbons (Fsp3) is 0.111. The highest BCUT2D eigenvalue weighted by atomic mass is 79.9. The molecular weight excluding hydrogens is 324 g/mol. The molecule has 0 atom stereocenters. The van der Waals surface area contributed by atoms with E-state index in [4.69, 9.17) is 0 Å². The van der Waals surface area contributed by atoms with Gasteiger partial charge in [0.1, 0.15) is 4.47 Å². The van der Waals surface area contributed by atoms with Crippen molar-refractivity contribution in [2.75, 3.05) is 0 Å². The number of nitro groups is 1. The highest BCUT2D eigenvalue weighted by Crippen LogP contribution is 2.25. The minimum absolute atomic E-state index is 0.0294. The maximum Gasteiger partial charge on any atom is 0.357 e. The summed E-state index contributed by atoms with van der Waals surface area (Å²) in [5.41, 5.74) is -0.0294. The number of nitrogens with one attached hydrogen (secondary N) is 2. The number of aromatic amines is 1. The second-order valence-electron chi connectivity index (χ2n) is 3.25. The van der Waals surface area contributed by atoms with Gasteiger partial charge in [0.25, 0.3) is 5.91 Å². The lowest BCUT2D eigenvalue weighted by atomic mass is 10.4. The lowest BCUT2D eigenvalue weighted by molar-refractivity contribution is -0.390. The molecule has 0 aliphatic carbocycles. The Balaban J connectivity index is 2.07. The van der Waals surface area contributed by atoms with Crippen LogP contribution in [0.5, 0.6) is 0 Å². The second-order valence-corrected chi connectivity index (χ2v) is 5.08. The van der Waals surface area contributed by atoms with Crippen LogP contribution in [0.15, 0.2) is 22.0 Å². The van der Waals surface area contributed by atoms with Crippen LogP contribution in [0.25, 0.3) is 0 Å². The second kappa shape index (κ2) is 5.27. The lowest BCUT2D eigenvalue weighted by Crippen LogP contribution is -2.23. The number of carbonyl (C=O) groups excluding carboxylic acids is 1. The van der Waals surface area contributed by atoms with E-state index in [1.807, 2.05) is 17.5 Å². The topological polar surface area (TPSA) is 101 Å². The zero-order valence-corrected chi connectivity index (χ0v) is 11.2. The molecule has 0 aliphatic rings. The molecule has 0 aliphatic heterocycles. The van der Waals surface area contributed by atoms with E-state index in [9.17, 15) is 14.9 Å². The molecule has 0 saturated carbocycles. The number of amides is 1. The van der Waals surface area contributed by atoms with Crippen LogP contribution in [0.1, 0.15) is 15.4 Å². The molecule has 9 heteroatoms. The Morgan fingerprint density at radius 1 is 1.67 bits per heavy atom. The van der Waals surface area contributed by atoms with E-state index in [0.29, 0.717) is 6.54 Å². The summed E-state index contributed by atoms with van der Waals surface area (Å²) >= 11 is 4.49. The van der Waals surface area contributed by atoms with Crippen molar-refractivity contribution in [2.45, 2.75) is 6.54 Å². The Labute approximate surface area is 113 Å². The minimum atomic E-state index is -0.646. The lowest BCUT2D eigenvalue weighted by Gasteiger charge is -2.00. The first-order valence-corrected chi connectivity index (χ1v) is 6.45. The first-order chi connectivity index (χ1) is 8.59. The average molecular weight is 331 g/mol. The van der Waals surface area contributed by atoms with Crippen LogP contribution in [-0.2, 0) is 6.54 Å². The number of hydrogen-bond acceptors (Lipinski definition) is 5. The van der Waals surface area contributed by atoms with Gasteiger partial charge in [-0.1, -0.05) is 11.2 Å². The fourth-order valence-corrected chi connectivity index (χ4v) is 2.40. The number of rotatable bonds is 4. The Hall–Kier alpha value is -1.74. The third-order valence-electron chi connectivity index (χ3n) is 2.09. The van der Waals surface area contributed by atoms with Crippen molar-refractivity contribution in [1.29, 1.82) is 0 Å². The number of thiophene rings is 1. The summed E-state index contributed by atoms with van der Waals surface area (Å²) in [7, 11) is 0. The number of hydrogen-bond donors (Lipinski definition) is 2. The summed E-state index contributed by atoms with van der Waals surface area (Å²) in [4.78, 5) is 22.7. The van der Waals surface area contributed by atoms with E-state index >= 15 is 0 Å². The summed E-state index contributed by atoms with van der Waals surface area (Å²) in [6.45, 7) is 0.365. The quantitative estimate of drug-likeness (QED) is 0.661. The highest BCUT2D eigenvalue weighted by molar-refractivity contribution is 9.10. The van der Waals surface area contributed by atoms with E-state index in [2.05, 4.69) is 31.4 Å². The van der Waals surface area contributed by atoms with E-state index in [0.717, 1.165) is 4.88 Å². The molecule has 2 rings (SSSR count). The van der Waals surface area contributed by atoms with Crippen molar-refractivity contribution in [3.05, 3.63) is 42.7 Å². The Bertz CT molecular complexity index is 581. The third-order valence-corrected chi connectivity index (χ3v) is 3.72. The first-order valence-electron chi connectivity index (χ1n) is 4.78. The van der Waals surface area contributed by atoms with Crippen LogP contribution in [-0.4, -0.2) is 21.0 Å². The van der Waals surface area contributed by atoms with Gasteiger partial charge in [-0.2, -0.15) is 0 Å². The molecule has 7 nitrogen and oxygen atoms in total. The third kappa shape index (κ3) is 2.57. The molecule has 0 radical (unpaired) electrons. The maximum atomic E-state index is 11.8. The summed E-state index contributed by atoms with van der Waals surface area (Å²) in [5, 5.41) is 20.9. The van der Waals surface area contributed by atoms with Gasteiger partial charge in [-0.15, -0.1) is 16.4 Å². The van der Waals surface area contributed by atoms with Crippen molar-refractivity contribution < 1.29 is 9.72 Å². The van der Waals surface area contributed by atoms with Gasteiger partial charge in [0, 0.05) is 4.88 Å². The normalized spacial score (nSPS) is 10.3. The molecule has 2 N–H and O–H groups in total. The maximum absolute atomic E-state index is 11.8. The molecule has 0 saturated heterocycles. The van der Waals surface area contributed by atoms with Crippen LogP contribution >= 0.6 is 27.3 Å². The summed E-state index contributed by atoms with van der Waals surface area (Å²) in [5.74, 6) is -0.809. The van der Waals surface area contributed by atoms with Gasteiger partial charge < -0.3 is 15.4 Å².